The minimum Gasteiger partial charge on any atom is -0.361 e. The smallest absolute Gasteiger partial charge is 0.173 e. The van der Waals surface area contributed by atoms with Gasteiger partial charge in [0.1, 0.15) is 11.2 Å². The molecule has 0 unspecified atom stereocenters. The third-order valence-corrected chi connectivity index (χ3v) is 10.5. The molecule has 1 saturated carbocycles. The average molecular weight is 689 g/mol. The molecular formula is C48H48O4. The van der Waals surface area contributed by atoms with Crippen LogP contribution in [0.25, 0.3) is 0 Å². The predicted octanol–water partition coefficient (Wildman–Crippen LogP) is 10.4. The molecule has 4 nitrogen and oxygen atoms in total. The molecule has 0 amide bonds. The molecule has 1 fully saturated rings. The van der Waals surface area contributed by atoms with Gasteiger partial charge in [0, 0.05) is 25.6 Å². The van der Waals surface area contributed by atoms with E-state index >= 15 is 0 Å². The lowest BCUT2D eigenvalue weighted by molar-refractivity contribution is -0.344. The second-order valence-corrected chi connectivity index (χ2v) is 13.4. The van der Waals surface area contributed by atoms with E-state index in [0.717, 1.165) is 33.4 Å². The van der Waals surface area contributed by atoms with Crippen molar-refractivity contribution in [2.75, 3.05) is 26.4 Å². The standard InChI is InChI=1S/C48H48O4/c1-3-49-46(50-4-2)35-38(36-51-47(39-23-11-5-12-24-39,40-25-13-6-14-26-40)41-27-15-7-16-28-41)45(46)37-52-48(42-29-17-8-18-30-42,43-31-19-9-20-32-43)44-33-21-10-22-34-44/h5-34,38,45H,3-4,35-37H2,1-2H3/t38-,45-/m1/s1. The molecule has 1 aliphatic rings. The van der Waals surface area contributed by atoms with Gasteiger partial charge in [-0.3, -0.25) is 0 Å². The fourth-order valence-corrected chi connectivity index (χ4v) is 8.14. The van der Waals surface area contributed by atoms with Crippen molar-refractivity contribution in [3.8, 4) is 0 Å². The minimum atomic E-state index is -0.864. The molecule has 0 N–H and O–H groups in total. The number of rotatable bonds is 16. The second kappa shape index (κ2) is 16.2. The van der Waals surface area contributed by atoms with E-state index in [1.165, 1.54) is 0 Å². The molecule has 0 bridgehead atoms. The van der Waals surface area contributed by atoms with Crippen LogP contribution in [0.1, 0.15) is 53.6 Å². The zero-order valence-corrected chi connectivity index (χ0v) is 30.1. The summed E-state index contributed by atoms with van der Waals surface area (Å²) in [5, 5.41) is 0. The molecule has 0 aromatic heterocycles. The van der Waals surface area contributed by atoms with Crippen molar-refractivity contribution in [3.05, 3.63) is 215 Å². The largest absolute Gasteiger partial charge is 0.361 e. The van der Waals surface area contributed by atoms with Crippen molar-refractivity contribution in [3.63, 3.8) is 0 Å². The summed E-state index contributed by atoms with van der Waals surface area (Å²) < 4.78 is 27.9. The Kier molecular flexibility index (Phi) is 11.1. The van der Waals surface area contributed by atoms with Crippen LogP contribution in [0.2, 0.25) is 0 Å². The van der Waals surface area contributed by atoms with Crippen molar-refractivity contribution in [2.24, 2.45) is 11.8 Å². The Bertz CT molecular complexity index is 1730. The third kappa shape index (κ3) is 6.76. The van der Waals surface area contributed by atoms with E-state index in [-0.39, 0.29) is 11.8 Å². The first-order valence-electron chi connectivity index (χ1n) is 18.5. The summed E-state index contributed by atoms with van der Waals surface area (Å²) in [4.78, 5) is 0. The van der Waals surface area contributed by atoms with Gasteiger partial charge in [-0.15, -0.1) is 0 Å². The van der Waals surface area contributed by atoms with Crippen molar-refractivity contribution in [2.45, 2.75) is 37.3 Å². The van der Waals surface area contributed by atoms with Gasteiger partial charge < -0.3 is 18.9 Å². The van der Waals surface area contributed by atoms with Crippen molar-refractivity contribution in [1.29, 1.82) is 0 Å². The third-order valence-electron chi connectivity index (χ3n) is 10.5. The van der Waals surface area contributed by atoms with Gasteiger partial charge in [-0.1, -0.05) is 182 Å². The van der Waals surface area contributed by atoms with E-state index in [1.54, 1.807) is 0 Å². The molecule has 0 aliphatic heterocycles. The Labute approximate surface area is 309 Å². The zero-order valence-electron chi connectivity index (χ0n) is 30.1. The Morgan fingerprint density at radius 2 is 0.692 bits per heavy atom. The highest BCUT2D eigenvalue weighted by Crippen LogP contribution is 2.52. The fraction of sp³-hybridized carbons (Fsp3) is 0.250. The molecule has 0 radical (unpaired) electrons. The van der Waals surface area contributed by atoms with Crippen LogP contribution in [-0.4, -0.2) is 32.2 Å². The number of ether oxygens (including phenoxy) is 4. The summed E-state index contributed by atoms with van der Waals surface area (Å²) in [6, 6.07) is 63.3. The minimum absolute atomic E-state index is 0.0913. The molecular weight excluding hydrogens is 641 g/mol. The van der Waals surface area contributed by atoms with Crippen LogP contribution in [0, 0.1) is 11.8 Å². The maximum Gasteiger partial charge on any atom is 0.173 e. The molecule has 6 aromatic rings. The molecule has 2 atom stereocenters. The van der Waals surface area contributed by atoms with E-state index < -0.39 is 17.0 Å². The SMILES string of the molecule is CCOC1(OCC)C[C@H](COC(c2ccccc2)(c2ccccc2)c2ccccc2)[C@H]1COC(c1ccccc1)(c1ccccc1)c1ccccc1. The normalized spacial score (nSPS) is 17.0. The van der Waals surface area contributed by atoms with Crippen molar-refractivity contribution < 1.29 is 18.9 Å². The topological polar surface area (TPSA) is 36.9 Å². The summed E-state index contributed by atoms with van der Waals surface area (Å²) in [6.07, 6.45) is 0.701. The molecule has 0 spiro atoms. The molecule has 264 valence electrons. The van der Waals surface area contributed by atoms with E-state index in [9.17, 15) is 0 Å². The lowest BCUT2D eigenvalue weighted by Gasteiger charge is -2.55. The molecule has 0 saturated heterocycles. The van der Waals surface area contributed by atoms with Crippen LogP contribution in [0.3, 0.4) is 0 Å². The Morgan fingerprint density at radius 3 is 0.962 bits per heavy atom. The van der Waals surface area contributed by atoms with Crippen LogP contribution in [0.5, 0.6) is 0 Å². The van der Waals surface area contributed by atoms with Crippen LogP contribution in [0.15, 0.2) is 182 Å². The summed E-state index contributed by atoms with van der Waals surface area (Å²) in [6.45, 7) is 6.01. The van der Waals surface area contributed by atoms with Crippen LogP contribution >= 0.6 is 0 Å². The van der Waals surface area contributed by atoms with Gasteiger partial charge in [0.15, 0.2) is 5.79 Å². The zero-order chi connectivity index (χ0) is 35.7. The molecule has 52 heavy (non-hydrogen) atoms. The first kappa shape index (κ1) is 35.6. The van der Waals surface area contributed by atoms with E-state index in [1.807, 2.05) is 13.8 Å². The summed E-state index contributed by atoms with van der Waals surface area (Å²) in [5.74, 6) is -0.807. The first-order valence-corrected chi connectivity index (χ1v) is 18.5. The molecule has 7 rings (SSSR count). The van der Waals surface area contributed by atoms with Gasteiger partial charge in [0.05, 0.1) is 13.2 Å². The lowest BCUT2D eigenvalue weighted by atomic mass is 9.67. The van der Waals surface area contributed by atoms with Crippen LogP contribution < -0.4 is 0 Å². The van der Waals surface area contributed by atoms with E-state index in [0.29, 0.717) is 32.8 Å². The number of hydrogen-bond donors (Lipinski definition) is 0. The maximum absolute atomic E-state index is 7.44. The fourth-order valence-electron chi connectivity index (χ4n) is 8.14. The van der Waals surface area contributed by atoms with E-state index in [4.69, 9.17) is 18.9 Å². The predicted molar refractivity (Wildman–Crippen MR) is 208 cm³/mol. The van der Waals surface area contributed by atoms with Crippen molar-refractivity contribution >= 4 is 0 Å². The van der Waals surface area contributed by atoms with Gasteiger partial charge >= 0.3 is 0 Å². The maximum atomic E-state index is 7.44. The highest BCUT2D eigenvalue weighted by atomic mass is 16.7. The van der Waals surface area contributed by atoms with Gasteiger partial charge in [-0.25, -0.2) is 0 Å². The number of hydrogen-bond acceptors (Lipinski definition) is 4. The van der Waals surface area contributed by atoms with Gasteiger partial charge in [0.25, 0.3) is 0 Å². The Balaban J connectivity index is 1.29. The molecule has 6 aromatic carbocycles. The Hall–Kier alpha value is -4.84. The average Bonchev–Trinajstić information content (AvgIpc) is 3.21. The molecule has 1 aliphatic carbocycles. The van der Waals surface area contributed by atoms with E-state index in [2.05, 4.69) is 182 Å². The lowest BCUT2D eigenvalue weighted by Crippen LogP contribution is -2.61. The van der Waals surface area contributed by atoms with Crippen LogP contribution in [0.4, 0.5) is 0 Å². The van der Waals surface area contributed by atoms with Gasteiger partial charge in [0.2, 0.25) is 0 Å². The summed E-state index contributed by atoms with van der Waals surface area (Å²) in [7, 11) is 0. The monoisotopic (exact) mass is 688 g/mol. The number of benzene rings is 6. The van der Waals surface area contributed by atoms with Gasteiger partial charge in [-0.2, -0.15) is 0 Å². The highest BCUT2D eigenvalue weighted by molar-refractivity contribution is 5.49. The summed E-state index contributed by atoms with van der Waals surface area (Å²) in [5.41, 5.74) is 4.74. The highest BCUT2D eigenvalue weighted by Gasteiger charge is 2.58. The molecule has 4 heteroatoms. The summed E-state index contributed by atoms with van der Waals surface area (Å²) >= 11 is 0. The molecule has 0 heterocycles. The van der Waals surface area contributed by atoms with Crippen LogP contribution in [-0.2, 0) is 30.1 Å². The quantitative estimate of drug-likeness (QED) is 0.0749. The second-order valence-electron chi connectivity index (χ2n) is 13.4. The van der Waals surface area contributed by atoms with Gasteiger partial charge in [-0.05, 0) is 53.1 Å². The van der Waals surface area contributed by atoms with Crippen molar-refractivity contribution in [1.82, 2.24) is 0 Å². The first-order chi connectivity index (χ1) is 25.7. The Morgan fingerprint density at radius 1 is 0.423 bits per heavy atom.